The molecule has 0 bridgehead atoms. The normalized spacial score (nSPS) is 19.1. The zero-order chi connectivity index (χ0) is 13.9. The number of benzene rings is 1. The molecular formula is C16H23O2S+. The van der Waals surface area contributed by atoms with Crippen molar-refractivity contribution in [1.82, 2.24) is 0 Å². The van der Waals surface area contributed by atoms with Crippen LogP contribution < -0.4 is 0 Å². The van der Waals surface area contributed by atoms with E-state index < -0.39 is 0 Å². The highest BCUT2D eigenvalue weighted by molar-refractivity contribution is 7.98. The van der Waals surface area contributed by atoms with Gasteiger partial charge in [0.1, 0.15) is 11.5 Å². The molecule has 0 spiro atoms. The molecule has 0 aliphatic carbocycles. The number of rotatable bonds is 3. The average molecular weight is 279 g/mol. The van der Waals surface area contributed by atoms with Crippen molar-refractivity contribution >= 4 is 16.7 Å². The standard InChI is InChI=1S/C16H23O2S/c1-16(2,3)15(19-11-9-18-10-12-19)14(17)13-7-5-4-6-8-13/h4-8,15H,9-12H2,1-3H3/q+1. The minimum Gasteiger partial charge on any atom is -0.372 e. The topological polar surface area (TPSA) is 26.3 Å². The number of carbonyl (C=O) groups excluding carboxylic acids is 1. The summed E-state index contributed by atoms with van der Waals surface area (Å²) < 4.78 is 5.44. The van der Waals surface area contributed by atoms with Crippen LogP contribution in [0.2, 0.25) is 0 Å². The van der Waals surface area contributed by atoms with E-state index in [0.29, 0.717) is 5.78 Å². The van der Waals surface area contributed by atoms with E-state index in [0.717, 1.165) is 30.3 Å². The Kier molecular flexibility index (Phi) is 4.69. The first-order valence-corrected chi connectivity index (χ1v) is 8.46. The van der Waals surface area contributed by atoms with Gasteiger partial charge < -0.3 is 4.74 Å². The molecule has 1 atom stereocenters. The van der Waals surface area contributed by atoms with Gasteiger partial charge in [0, 0.05) is 21.9 Å². The van der Waals surface area contributed by atoms with E-state index in [1.165, 1.54) is 0 Å². The minimum atomic E-state index is 0.00732. The Bertz CT molecular complexity index is 416. The van der Waals surface area contributed by atoms with E-state index in [2.05, 4.69) is 20.8 Å². The van der Waals surface area contributed by atoms with Gasteiger partial charge >= 0.3 is 0 Å². The molecule has 0 N–H and O–H groups in total. The van der Waals surface area contributed by atoms with Crippen LogP contribution in [-0.4, -0.2) is 35.8 Å². The highest BCUT2D eigenvalue weighted by Gasteiger charge is 2.46. The Labute approximate surface area is 118 Å². The first-order valence-electron chi connectivity index (χ1n) is 6.83. The molecular weight excluding hydrogens is 256 g/mol. The molecule has 1 aromatic rings. The molecule has 19 heavy (non-hydrogen) atoms. The predicted octanol–water partition coefficient (Wildman–Crippen LogP) is 2.93. The fourth-order valence-corrected chi connectivity index (χ4v) is 5.35. The molecule has 1 unspecified atom stereocenters. The molecule has 1 aromatic carbocycles. The van der Waals surface area contributed by atoms with Crippen molar-refractivity contribution in [2.45, 2.75) is 26.0 Å². The molecule has 1 aliphatic heterocycles. The molecule has 0 aromatic heterocycles. The van der Waals surface area contributed by atoms with Crippen molar-refractivity contribution in [3.8, 4) is 0 Å². The number of carbonyl (C=O) groups is 1. The second-order valence-corrected chi connectivity index (χ2v) is 8.40. The molecule has 2 rings (SSSR count). The minimum absolute atomic E-state index is 0.00732. The summed E-state index contributed by atoms with van der Waals surface area (Å²) in [5, 5.41) is 0.110. The molecule has 0 saturated carbocycles. The summed E-state index contributed by atoms with van der Waals surface area (Å²) in [4.78, 5) is 12.9. The third-order valence-corrected chi connectivity index (χ3v) is 6.37. The SMILES string of the molecule is CC(C)(C)C(C(=O)c1ccccc1)[S+]1CCOCC1. The lowest BCUT2D eigenvalue weighted by Gasteiger charge is -2.31. The van der Waals surface area contributed by atoms with Gasteiger partial charge in [-0.05, 0) is 0 Å². The summed E-state index contributed by atoms with van der Waals surface area (Å²) in [6.45, 7) is 8.15. The zero-order valence-electron chi connectivity index (χ0n) is 12.0. The van der Waals surface area contributed by atoms with Gasteiger partial charge in [0.2, 0.25) is 5.78 Å². The first-order chi connectivity index (χ1) is 9.00. The summed E-state index contributed by atoms with van der Waals surface area (Å²) in [6.07, 6.45) is 0. The van der Waals surface area contributed by atoms with Gasteiger partial charge in [-0.2, -0.15) is 0 Å². The van der Waals surface area contributed by atoms with Crippen LogP contribution in [0.1, 0.15) is 31.1 Å². The lowest BCUT2D eigenvalue weighted by Crippen LogP contribution is -2.47. The largest absolute Gasteiger partial charge is 0.372 e. The smallest absolute Gasteiger partial charge is 0.215 e. The zero-order valence-corrected chi connectivity index (χ0v) is 12.8. The molecule has 0 amide bonds. The molecule has 2 nitrogen and oxygen atoms in total. The van der Waals surface area contributed by atoms with E-state index in [-0.39, 0.29) is 21.6 Å². The average Bonchev–Trinajstić information content (AvgIpc) is 2.39. The van der Waals surface area contributed by atoms with Crippen molar-refractivity contribution in [3.63, 3.8) is 0 Å². The van der Waals surface area contributed by atoms with Crippen LogP contribution in [-0.2, 0) is 15.6 Å². The second-order valence-electron chi connectivity index (χ2n) is 6.03. The summed E-state index contributed by atoms with van der Waals surface area (Å²) >= 11 is 0. The maximum Gasteiger partial charge on any atom is 0.215 e. The van der Waals surface area contributed by atoms with Crippen LogP contribution >= 0.6 is 0 Å². The summed E-state index contributed by atoms with van der Waals surface area (Å²) in [5.41, 5.74) is 0.856. The van der Waals surface area contributed by atoms with Crippen molar-refractivity contribution in [1.29, 1.82) is 0 Å². The van der Waals surface area contributed by atoms with Crippen molar-refractivity contribution < 1.29 is 9.53 Å². The molecule has 1 heterocycles. The maximum atomic E-state index is 12.9. The number of ketones is 1. The number of hydrogen-bond donors (Lipinski definition) is 0. The van der Waals surface area contributed by atoms with Crippen molar-refractivity contribution in [2.24, 2.45) is 5.41 Å². The van der Waals surface area contributed by atoms with E-state index in [1.807, 2.05) is 30.3 Å². The first kappa shape index (κ1) is 14.6. The van der Waals surface area contributed by atoms with Crippen LogP contribution in [0, 0.1) is 5.41 Å². The predicted molar refractivity (Wildman–Crippen MR) is 81.9 cm³/mol. The van der Waals surface area contributed by atoms with Crippen LogP contribution in [0.3, 0.4) is 0 Å². The maximum absolute atomic E-state index is 12.9. The van der Waals surface area contributed by atoms with Crippen LogP contribution in [0.15, 0.2) is 30.3 Å². The highest BCUT2D eigenvalue weighted by atomic mass is 32.2. The molecule has 104 valence electrons. The Morgan fingerprint density at radius 2 is 1.74 bits per heavy atom. The van der Waals surface area contributed by atoms with E-state index in [9.17, 15) is 4.79 Å². The second kappa shape index (κ2) is 6.10. The van der Waals surface area contributed by atoms with Gasteiger partial charge in [-0.25, -0.2) is 0 Å². The molecule has 0 radical (unpaired) electrons. The third kappa shape index (κ3) is 3.61. The van der Waals surface area contributed by atoms with E-state index in [1.54, 1.807) is 0 Å². The van der Waals surface area contributed by atoms with Gasteiger partial charge in [-0.3, -0.25) is 4.79 Å². The van der Waals surface area contributed by atoms with E-state index >= 15 is 0 Å². The number of hydrogen-bond acceptors (Lipinski definition) is 2. The Balaban J connectivity index is 2.25. The Hall–Kier alpha value is -0.800. The molecule has 1 fully saturated rings. The lowest BCUT2D eigenvalue weighted by atomic mass is 9.87. The molecule has 1 saturated heterocycles. The van der Waals surface area contributed by atoms with E-state index in [4.69, 9.17) is 4.74 Å². The van der Waals surface area contributed by atoms with Crippen molar-refractivity contribution in [3.05, 3.63) is 35.9 Å². The van der Waals surface area contributed by atoms with Crippen LogP contribution in [0.4, 0.5) is 0 Å². The van der Waals surface area contributed by atoms with Crippen LogP contribution in [0.25, 0.3) is 0 Å². The monoisotopic (exact) mass is 279 g/mol. The Morgan fingerprint density at radius 3 is 2.26 bits per heavy atom. The van der Waals surface area contributed by atoms with Crippen LogP contribution in [0.5, 0.6) is 0 Å². The Morgan fingerprint density at radius 1 is 1.16 bits per heavy atom. The van der Waals surface area contributed by atoms with Gasteiger partial charge in [0.15, 0.2) is 5.25 Å². The van der Waals surface area contributed by atoms with Gasteiger partial charge in [0.05, 0.1) is 13.2 Å². The van der Waals surface area contributed by atoms with Gasteiger partial charge in [-0.15, -0.1) is 0 Å². The third-order valence-electron chi connectivity index (χ3n) is 3.40. The summed E-state index contributed by atoms with van der Waals surface area (Å²) in [7, 11) is 0.143. The van der Waals surface area contributed by atoms with Crippen molar-refractivity contribution in [2.75, 3.05) is 24.7 Å². The summed E-state index contributed by atoms with van der Waals surface area (Å²) in [6, 6.07) is 9.72. The molecule has 3 heteroatoms. The van der Waals surface area contributed by atoms with Gasteiger partial charge in [0.25, 0.3) is 0 Å². The fraction of sp³-hybridized carbons (Fsp3) is 0.562. The highest BCUT2D eigenvalue weighted by Crippen LogP contribution is 2.31. The fourth-order valence-electron chi connectivity index (χ4n) is 2.57. The molecule has 1 aliphatic rings. The number of ether oxygens (including phenoxy) is 1. The quantitative estimate of drug-likeness (QED) is 0.628. The lowest BCUT2D eigenvalue weighted by molar-refractivity contribution is 0.0946. The number of Topliss-reactive ketones (excluding diaryl/α,β-unsaturated/α-hetero) is 1. The van der Waals surface area contributed by atoms with Gasteiger partial charge in [-0.1, -0.05) is 51.1 Å². The summed E-state index contributed by atoms with van der Waals surface area (Å²) in [5.74, 6) is 2.36.